The predicted molar refractivity (Wildman–Crippen MR) is 91.1 cm³/mol. The van der Waals surface area contributed by atoms with Crippen molar-refractivity contribution in [2.45, 2.75) is 25.3 Å². The van der Waals surface area contributed by atoms with Crippen molar-refractivity contribution in [3.8, 4) is 0 Å². The van der Waals surface area contributed by atoms with Crippen LogP contribution in [0.25, 0.3) is 0 Å². The van der Waals surface area contributed by atoms with E-state index in [0.29, 0.717) is 6.42 Å². The summed E-state index contributed by atoms with van der Waals surface area (Å²) in [6.45, 7) is 0. The zero-order valence-electron chi connectivity index (χ0n) is 10.9. The Kier molecular flexibility index (Phi) is 4.09. The number of carbonyl (C=O) groups is 1. The second kappa shape index (κ2) is 5.83. The standard InChI is InChI=1S/C15H15IN2OS/c16-13-7-11(8-20-13)15(17)10-4-5-12-9(6-10)2-1-3-14(19)18-12/h4-8,15H,1-3,17H2,(H,18,19). The molecule has 2 aromatic rings. The van der Waals surface area contributed by atoms with Gasteiger partial charge in [-0.1, -0.05) is 12.1 Å². The predicted octanol–water partition coefficient (Wildman–Crippen LogP) is 3.68. The molecule has 1 atom stereocenters. The van der Waals surface area contributed by atoms with Gasteiger partial charge in [0.2, 0.25) is 5.91 Å². The number of fused-ring (bicyclic) bond motifs is 1. The highest BCUT2D eigenvalue weighted by atomic mass is 127. The van der Waals surface area contributed by atoms with Gasteiger partial charge in [0, 0.05) is 12.1 Å². The van der Waals surface area contributed by atoms with Gasteiger partial charge in [-0.3, -0.25) is 4.79 Å². The van der Waals surface area contributed by atoms with Crippen LogP contribution in [0.2, 0.25) is 0 Å². The van der Waals surface area contributed by atoms with Crippen molar-refractivity contribution in [2.75, 3.05) is 5.32 Å². The lowest BCUT2D eigenvalue weighted by Gasteiger charge is -2.14. The van der Waals surface area contributed by atoms with Gasteiger partial charge in [0.05, 0.1) is 8.93 Å². The number of nitrogens with two attached hydrogens (primary N) is 1. The first kappa shape index (κ1) is 14.0. The molecule has 1 amide bonds. The molecular formula is C15H15IN2OS. The first-order chi connectivity index (χ1) is 9.63. The molecule has 1 aliphatic rings. The molecule has 20 heavy (non-hydrogen) atoms. The van der Waals surface area contributed by atoms with Crippen molar-refractivity contribution >= 4 is 45.5 Å². The summed E-state index contributed by atoms with van der Waals surface area (Å²) in [6, 6.07) is 8.16. The van der Waals surface area contributed by atoms with Crippen molar-refractivity contribution in [2.24, 2.45) is 5.73 Å². The number of hydrogen-bond donors (Lipinski definition) is 2. The third-order valence-electron chi connectivity index (χ3n) is 3.56. The van der Waals surface area contributed by atoms with Gasteiger partial charge >= 0.3 is 0 Å². The lowest BCUT2D eigenvalue weighted by atomic mass is 9.97. The van der Waals surface area contributed by atoms with Gasteiger partial charge in [0.25, 0.3) is 0 Å². The Morgan fingerprint density at radius 3 is 2.85 bits per heavy atom. The summed E-state index contributed by atoms with van der Waals surface area (Å²) in [4.78, 5) is 11.6. The summed E-state index contributed by atoms with van der Waals surface area (Å²) in [5.41, 5.74) is 10.7. The van der Waals surface area contributed by atoms with E-state index in [1.807, 2.05) is 12.1 Å². The van der Waals surface area contributed by atoms with Crippen LogP contribution in [0.4, 0.5) is 5.69 Å². The first-order valence-electron chi connectivity index (χ1n) is 6.55. The van der Waals surface area contributed by atoms with Crippen LogP contribution in [0.1, 0.15) is 35.6 Å². The fourth-order valence-electron chi connectivity index (χ4n) is 2.47. The van der Waals surface area contributed by atoms with Crippen LogP contribution in [-0.4, -0.2) is 5.91 Å². The molecule has 2 heterocycles. The topological polar surface area (TPSA) is 55.1 Å². The van der Waals surface area contributed by atoms with E-state index in [0.717, 1.165) is 29.7 Å². The molecule has 3 nitrogen and oxygen atoms in total. The number of amides is 1. The van der Waals surface area contributed by atoms with E-state index in [1.54, 1.807) is 11.3 Å². The molecule has 3 rings (SSSR count). The summed E-state index contributed by atoms with van der Waals surface area (Å²) >= 11 is 4.02. The number of aryl methyl sites for hydroxylation is 1. The number of benzene rings is 1. The van der Waals surface area contributed by atoms with Crippen LogP contribution in [0.3, 0.4) is 0 Å². The number of thiophene rings is 1. The summed E-state index contributed by atoms with van der Waals surface area (Å²) in [7, 11) is 0. The number of nitrogens with one attached hydrogen (secondary N) is 1. The maximum absolute atomic E-state index is 11.6. The molecule has 0 saturated carbocycles. The number of hydrogen-bond acceptors (Lipinski definition) is 3. The maximum atomic E-state index is 11.6. The lowest BCUT2D eigenvalue weighted by Crippen LogP contribution is -2.12. The molecule has 1 aromatic heterocycles. The Hall–Kier alpha value is -0.920. The fourth-order valence-corrected chi connectivity index (χ4v) is 3.88. The molecule has 104 valence electrons. The van der Waals surface area contributed by atoms with E-state index >= 15 is 0 Å². The van der Waals surface area contributed by atoms with Crippen LogP contribution in [0.15, 0.2) is 29.6 Å². The first-order valence-corrected chi connectivity index (χ1v) is 8.51. The van der Waals surface area contributed by atoms with E-state index in [4.69, 9.17) is 5.73 Å². The largest absolute Gasteiger partial charge is 0.326 e. The average molecular weight is 398 g/mol. The molecule has 0 fully saturated rings. The van der Waals surface area contributed by atoms with Gasteiger partial charge in [-0.25, -0.2) is 0 Å². The minimum absolute atomic E-state index is 0.0981. The van der Waals surface area contributed by atoms with Crippen molar-refractivity contribution in [1.29, 1.82) is 0 Å². The van der Waals surface area contributed by atoms with Gasteiger partial charge in [-0.2, -0.15) is 0 Å². The molecule has 0 radical (unpaired) electrons. The SMILES string of the molecule is NC(c1csc(I)c1)c1ccc2c(c1)CCCC(=O)N2. The number of anilines is 1. The molecule has 5 heteroatoms. The van der Waals surface area contributed by atoms with Gasteiger partial charge in [0.15, 0.2) is 0 Å². The average Bonchev–Trinajstić information content (AvgIpc) is 2.77. The highest BCUT2D eigenvalue weighted by Crippen LogP contribution is 2.29. The van der Waals surface area contributed by atoms with Gasteiger partial charge in [-0.05, 0) is 69.6 Å². The third-order valence-corrected chi connectivity index (χ3v) is 5.37. The Morgan fingerprint density at radius 2 is 2.10 bits per heavy atom. The van der Waals surface area contributed by atoms with E-state index < -0.39 is 0 Å². The Labute approximate surface area is 135 Å². The van der Waals surface area contributed by atoms with Crippen LogP contribution < -0.4 is 11.1 Å². The Bertz CT molecular complexity index is 653. The van der Waals surface area contributed by atoms with Crippen LogP contribution in [0.5, 0.6) is 0 Å². The normalized spacial score (nSPS) is 16.2. The summed E-state index contributed by atoms with van der Waals surface area (Å²) in [5, 5.41) is 5.06. The summed E-state index contributed by atoms with van der Waals surface area (Å²) in [5.74, 6) is 0.105. The van der Waals surface area contributed by atoms with E-state index in [9.17, 15) is 4.79 Å². The fraction of sp³-hybridized carbons (Fsp3) is 0.267. The Balaban J connectivity index is 1.92. The summed E-state index contributed by atoms with van der Waals surface area (Å²) in [6.07, 6.45) is 2.42. The molecule has 3 N–H and O–H groups in total. The number of carbonyl (C=O) groups excluding carboxylic acids is 1. The van der Waals surface area contributed by atoms with Crippen molar-refractivity contribution in [3.63, 3.8) is 0 Å². The van der Waals surface area contributed by atoms with Crippen LogP contribution in [0, 0.1) is 2.88 Å². The molecular weight excluding hydrogens is 383 g/mol. The molecule has 1 unspecified atom stereocenters. The second-order valence-electron chi connectivity index (χ2n) is 4.98. The molecule has 1 aliphatic heterocycles. The molecule has 0 spiro atoms. The quantitative estimate of drug-likeness (QED) is 0.759. The molecule has 0 aliphatic carbocycles. The zero-order valence-corrected chi connectivity index (χ0v) is 13.8. The second-order valence-corrected chi connectivity index (χ2v) is 7.79. The minimum Gasteiger partial charge on any atom is -0.326 e. The number of halogens is 1. The summed E-state index contributed by atoms with van der Waals surface area (Å²) < 4.78 is 1.25. The van der Waals surface area contributed by atoms with Gasteiger partial charge in [0.1, 0.15) is 0 Å². The van der Waals surface area contributed by atoms with E-state index in [2.05, 4.69) is 45.4 Å². The Morgan fingerprint density at radius 1 is 1.25 bits per heavy atom. The van der Waals surface area contributed by atoms with E-state index in [1.165, 1.54) is 8.45 Å². The maximum Gasteiger partial charge on any atom is 0.224 e. The van der Waals surface area contributed by atoms with Crippen molar-refractivity contribution in [1.82, 2.24) is 0 Å². The third kappa shape index (κ3) is 2.89. The van der Waals surface area contributed by atoms with E-state index in [-0.39, 0.29) is 11.9 Å². The van der Waals surface area contributed by atoms with Gasteiger partial charge < -0.3 is 11.1 Å². The number of rotatable bonds is 2. The monoisotopic (exact) mass is 398 g/mol. The minimum atomic E-state index is -0.0981. The van der Waals surface area contributed by atoms with Crippen LogP contribution in [-0.2, 0) is 11.2 Å². The van der Waals surface area contributed by atoms with Crippen LogP contribution >= 0.6 is 33.9 Å². The molecule has 1 aromatic carbocycles. The lowest BCUT2D eigenvalue weighted by molar-refractivity contribution is -0.116. The van der Waals surface area contributed by atoms with Crippen molar-refractivity contribution < 1.29 is 4.79 Å². The van der Waals surface area contributed by atoms with Crippen molar-refractivity contribution in [3.05, 3.63) is 49.2 Å². The smallest absolute Gasteiger partial charge is 0.224 e. The molecule has 0 saturated heterocycles. The van der Waals surface area contributed by atoms with Gasteiger partial charge in [-0.15, -0.1) is 11.3 Å². The molecule has 0 bridgehead atoms. The highest BCUT2D eigenvalue weighted by molar-refractivity contribution is 14.1. The zero-order chi connectivity index (χ0) is 14.1. The highest BCUT2D eigenvalue weighted by Gasteiger charge is 2.16.